The maximum absolute atomic E-state index is 13.6. The Kier molecular flexibility index (Phi) is 8.42. The predicted octanol–water partition coefficient (Wildman–Crippen LogP) is 5.73. The smallest absolute Gasteiger partial charge is 0.305 e. The first-order valence-corrected chi connectivity index (χ1v) is 13.2. The third kappa shape index (κ3) is 6.72. The van der Waals surface area contributed by atoms with E-state index in [9.17, 15) is 19.5 Å². The van der Waals surface area contributed by atoms with Gasteiger partial charge in [0, 0.05) is 17.8 Å². The van der Waals surface area contributed by atoms with E-state index in [-0.39, 0.29) is 29.6 Å². The minimum absolute atomic E-state index is 0.00671. The summed E-state index contributed by atoms with van der Waals surface area (Å²) in [6.45, 7) is 12.9. The van der Waals surface area contributed by atoms with E-state index in [0.29, 0.717) is 19.4 Å². The summed E-state index contributed by atoms with van der Waals surface area (Å²) in [5, 5.41) is 14.5. The number of nitrogens with zero attached hydrogens (tertiary/aromatic N) is 1. The molecule has 0 saturated carbocycles. The van der Waals surface area contributed by atoms with Crippen LogP contribution in [-0.2, 0) is 14.4 Å². The Hall–Kier alpha value is -2.67. The lowest BCUT2D eigenvalue weighted by Gasteiger charge is -2.42. The van der Waals surface area contributed by atoms with Crippen LogP contribution in [0.5, 0.6) is 0 Å². The lowest BCUT2D eigenvalue weighted by atomic mass is 9.82. The molecular formula is C28H38N2O4S. The number of thiophene rings is 1. The molecule has 0 radical (unpaired) electrons. The van der Waals surface area contributed by atoms with Crippen molar-refractivity contribution in [3.63, 3.8) is 0 Å². The maximum Gasteiger partial charge on any atom is 0.305 e. The summed E-state index contributed by atoms with van der Waals surface area (Å²) in [7, 11) is 0. The number of aliphatic carboxylic acids is 1. The van der Waals surface area contributed by atoms with Crippen LogP contribution in [0, 0.1) is 25.2 Å². The first-order chi connectivity index (χ1) is 16.4. The number of aryl methyl sites for hydroxylation is 2. The Morgan fingerprint density at radius 3 is 2.46 bits per heavy atom. The van der Waals surface area contributed by atoms with Crippen molar-refractivity contribution in [2.45, 2.75) is 79.3 Å². The van der Waals surface area contributed by atoms with Crippen LogP contribution in [0.15, 0.2) is 29.6 Å². The number of carbonyl (C=O) groups is 3. The summed E-state index contributed by atoms with van der Waals surface area (Å²) in [5.41, 5.74) is 4.17. The lowest BCUT2D eigenvalue weighted by molar-refractivity contribution is -0.147. The Bertz CT molecular complexity index is 1070. The maximum atomic E-state index is 13.6. The molecule has 1 aromatic carbocycles. The fourth-order valence-electron chi connectivity index (χ4n) is 4.89. The molecule has 7 heteroatoms. The number of likely N-dealkylation sites (tertiary alicyclic amines) is 1. The van der Waals surface area contributed by atoms with E-state index >= 15 is 0 Å². The molecule has 190 valence electrons. The lowest BCUT2D eigenvalue weighted by Crippen LogP contribution is -2.55. The second kappa shape index (κ2) is 10.9. The quantitative estimate of drug-likeness (QED) is 0.462. The van der Waals surface area contributed by atoms with Crippen LogP contribution in [0.4, 0.5) is 0 Å². The SMILES string of the molecule is Cc1cccc(C)c1-c1cc(C(CC(=O)O)NC(=O)C(CC(C)C)N2CC(C)(C)CCC2=O)cs1. The van der Waals surface area contributed by atoms with Gasteiger partial charge in [-0.1, -0.05) is 45.9 Å². The summed E-state index contributed by atoms with van der Waals surface area (Å²) >= 11 is 1.55. The van der Waals surface area contributed by atoms with Crippen molar-refractivity contribution in [1.29, 1.82) is 0 Å². The molecule has 0 bridgehead atoms. The van der Waals surface area contributed by atoms with Gasteiger partial charge in [0.1, 0.15) is 6.04 Å². The van der Waals surface area contributed by atoms with Crippen molar-refractivity contribution < 1.29 is 19.5 Å². The number of carboxylic acid groups (broad SMARTS) is 1. The van der Waals surface area contributed by atoms with Gasteiger partial charge in [-0.25, -0.2) is 0 Å². The van der Waals surface area contributed by atoms with Gasteiger partial charge in [0.25, 0.3) is 0 Å². The van der Waals surface area contributed by atoms with E-state index < -0.39 is 18.1 Å². The van der Waals surface area contributed by atoms with Crippen molar-refractivity contribution in [2.75, 3.05) is 6.54 Å². The first-order valence-electron chi connectivity index (χ1n) is 12.3. The molecule has 2 N–H and O–H groups in total. The van der Waals surface area contributed by atoms with Gasteiger partial charge in [-0.2, -0.15) is 0 Å². The summed E-state index contributed by atoms with van der Waals surface area (Å²) in [4.78, 5) is 40.9. The van der Waals surface area contributed by atoms with Crippen LogP contribution in [0.3, 0.4) is 0 Å². The number of hydrogen-bond acceptors (Lipinski definition) is 4. The zero-order valence-corrected chi connectivity index (χ0v) is 22.5. The van der Waals surface area contributed by atoms with E-state index in [1.54, 1.807) is 16.2 Å². The van der Waals surface area contributed by atoms with E-state index in [1.807, 2.05) is 31.4 Å². The number of piperidine rings is 1. The van der Waals surface area contributed by atoms with Crippen molar-refractivity contribution >= 4 is 29.1 Å². The van der Waals surface area contributed by atoms with Gasteiger partial charge in [0.15, 0.2) is 0 Å². The van der Waals surface area contributed by atoms with Gasteiger partial charge >= 0.3 is 5.97 Å². The number of benzene rings is 1. The number of hydrogen-bond donors (Lipinski definition) is 2. The zero-order valence-electron chi connectivity index (χ0n) is 21.7. The van der Waals surface area contributed by atoms with Gasteiger partial charge in [0.2, 0.25) is 11.8 Å². The number of carbonyl (C=O) groups excluding carboxylic acids is 2. The minimum atomic E-state index is -0.981. The highest BCUT2D eigenvalue weighted by Gasteiger charge is 2.39. The Balaban J connectivity index is 1.89. The molecule has 1 aromatic heterocycles. The molecule has 0 aliphatic carbocycles. The predicted molar refractivity (Wildman–Crippen MR) is 140 cm³/mol. The van der Waals surface area contributed by atoms with Gasteiger partial charge in [-0.15, -0.1) is 11.3 Å². The van der Waals surface area contributed by atoms with Crippen LogP contribution in [0.2, 0.25) is 0 Å². The van der Waals surface area contributed by atoms with Crippen LogP contribution in [0.1, 0.15) is 76.1 Å². The average molecular weight is 499 g/mol. The molecule has 1 saturated heterocycles. The number of nitrogens with one attached hydrogen (secondary N) is 1. The molecule has 2 atom stereocenters. The van der Waals surface area contributed by atoms with Gasteiger partial charge < -0.3 is 15.3 Å². The van der Waals surface area contributed by atoms with Gasteiger partial charge in [0.05, 0.1) is 12.5 Å². The second-order valence-corrected chi connectivity index (χ2v) is 11.9. The first kappa shape index (κ1) is 26.9. The molecule has 2 aromatic rings. The summed E-state index contributed by atoms with van der Waals surface area (Å²) in [6, 6.07) is 6.85. The third-order valence-electron chi connectivity index (χ3n) is 6.75. The molecule has 2 amide bonds. The van der Waals surface area contributed by atoms with E-state index in [2.05, 4.69) is 45.1 Å². The topological polar surface area (TPSA) is 86.7 Å². The monoisotopic (exact) mass is 498 g/mol. The van der Waals surface area contributed by atoms with Crippen LogP contribution in [0.25, 0.3) is 10.4 Å². The van der Waals surface area contributed by atoms with Crippen LogP contribution >= 0.6 is 11.3 Å². The summed E-state index contributed by atoms with van der Waals surface area (Å²) in [6.07, 6.45) is 1.54. The molecule has 1 aliphatic rings. The van der Waals surface area contributed by atoms with Gasteiger partial charge in [-0.3, -0.25) is 14.4 Å². The molecule has 1 fully saturated rings. The third-order valence-corrected chi connectivity index (χ3v) is 7.72. The highest BCUT2D eigenvalue weighted by Crippen LogP contribution is 2.36. The van der Waals surface area contributed by atoms with E-state index in [1.165, 1.54) is 0 Å². The standard InChI is InChI=1S/C28H38N2O4S/c1-17(2)12-22(30-16-28(5,6)11-10-24(30)31)27(34)29-21(14-25(32)33)20-13-23(35-15-20)26-18(3)8-7-9-19(26)4/h7-9,13,15,17,21-22H,10-12,14,16H2,1-6H3,(H,29,34)(H,32,33). The van der Waals surface area contributed by atoms with Crippen LogP contribution < -0.4 is 5.32 Å². The molecule has 35 heavy (non-hydrogen) atoms. The molecule has 2 heterocycles. The molecule has 6 nitrogen and oxygen atoms in total. The van der Waals surface area contributed by atoms with Crippen LogP contribution in [-0.4, -0.2) is 40.4 Å². The Morgan fingerprint density at radius 2 is 1.86 bits per heavy atom. The highest BCUT2D eigenvalue weighted by atomic mass is 32.1. The fraction of sp³-hybridized carbons (Fsp3) is 0.536. The van der Waals surface area contributed by atoms with Gasteiger partial charge in [-0.05, 0) is 71.7 Å². The molecule has 1 aliphatic heterocycles. The number of amides is 2. The van der Waals surface area contributed by atoms with Crippen molar-refractivity contribution in [1.82, 2.24) is 10.2 Å². The van der Waals surface area contributed by atoms with Crippen molar-refractivity contribution in [3.05, 3.63) is 46.3 Å². The Morgan fingerprint density at radius 1 is 1.20 bits per heavy atom. The summed E-state index contributed by atoms with van der Waals surface area (Å²) < 4.78 is 0. The largest absolute Gasteiger partial charge is 0.481 e. The molecule has 0 spiro atoms. The number of carboxylic acids is 1. The average Bonchev–Trinajstić information content (AvgIpc) is 3.22. The van der Waals surface area contributed by atoms with E-state index in [4.69, 9.17) is 0 Å². The molecule has 2 unspecified atom stereocenters. The Labute approximate surface area is 212 Å². The fourth-order valence-corrected chi connectivity index (χ4v) is 6.03. The summed E-state index contributed by atoms with van der Waals surface area (Å²) in [5.74, 6) is -1.06. The van der Waals surface area contributed by atoms with Crippen molar-refractivity contribution in [2.24, 2.45) is 11.3 Å². The molecule has 3 rings (SSSR count). The van der Waals surface area contributed by atoms with E-state index in [0.717, 1.165) is 33.6 Å². The minimum Gasteiger partial charge on any atom is -0.481 e. The normalized spacial score (nSPS) is 17.3. The van der Waals surface area contributed by atoms with Crippen molar-refractivity contribution in [3.8, 4) is 10.4 Å². The molecular weight excluding hydrogens is 460 g/mol. The number of rotatable bonds is 9. The second-order valence-electron chi connectivity index (χ2n) is 11.0. The zero-order chi connectivity index (χ0) is 25.9. The highest BCUT2D eigenvalue weighted by molar-refractivity contribution is 7.13.